The standard InChI is InChI=1S/C5H6N2O3/c1-9-5(8)2-4-7-6-3-10-4/h3H,2H2,1H3. The van der Waals surface area contributed by atoms with Crippen LogP contribution in [0.25, 0.3) is 0 Å². The molecule has 0 aliphatic heterocycles. The summed E-state index contributed by atoms with van der Waals surface area (Å²) in [4.78, 5) is 10.5. The maximum absolute atomic E-state index is 10.5. The molecule has 0 radical (unpaired) electrons. The molecule has 0 aromatic carbocycles. The number of hydrogen-bond acceptors (Lipinski definition) is 5. The summed E-state index contributed by atoms with van der Waals surface area (Å²) in [6, 6.07) is 0. The van der Waals surface area contributed by atoms with Crippen molar-refractivity contribution in [3.63, 3.8) is 0 Å². The minimum absolute atomic E-state index is 0.0382. The van der Waals surface area contributed by atoms with Gasteiger partial charge in [0.25, 0.3) is 0 Å². The molecule has 1 heterocycles. The van der Waals surface area contributed by atoms with Crippen molar-refractivity contribution in [2.45, 2.75) is 6.42 Å². The summed E-state index contributed by atoms with van der Waals surface area (Å²) in [6.07, 6.45) is 1.20. The molecule has 0 aliphatic carbocycles. The predicted octanol–water partition coefficient (Wildman–Crippen LogP) is -0.215. The first-order chi connectivity index (χ1) is 4.83. The zero-order chi connectivity index (χ0) is 7.40. The minimum Gasteiger partial charge on any atom is -0.469 e. The Morgan fingerprint density at radius 2 is 2.70 bits per heavy atom. The monoisotopic (exact) mass is 142 g/mol. The third kappa shape index (κ3) is 1.54. The minimum atomic E-state index is -0.385. The van der Waals surface area contributed by atoms with Crippen LogP contribution in [0.5, 0.6) is 0 Å². The van der Waals surface area contributed by atoms with Crippen molar-refractivity contribution in [2.24, 2.45) is 0 Å². The summed E-state index contributed by atoms with van der Waals surface area (Å²) in [7, 11) is 1.30. The number of methoxy groups -OCH3 is 1. The van der Waals surface area contributed by atoms with Crippen molar-refractivity contribution in [1.82, 2.24) is 10.2 Å². The number of rotatable bonds is 2. The van der Waals surface area contributed by atoms with Crippen LogP contribution in [0.4, 0.5) is 0 Å². The van der Waals surface area contributed by atoms with Gasteiger partial charge in [0.15, 0.2) is 0 Å². The second kappa shape index (κ2) is 2.95. The van der Waals surface area contributed by atoms with Crippen molar-refractivity contribution >= 4 is 5.97 Å². The lowest BCUT2D eigenvalue weighted by atomic mass is 10.4. The molecule has 1 aromatic rings. The van der Waals surface area contributed by atoms with Gasteiger partial charge in [-0.05, 0) is 0 Å². The van der Waals surface area contributed by atoms with Gasteiger partial charge in [0, 0.05) is 0 Å². The molecular formula is C5H6N2O3. The van der Waals surface area contributed by atoms with E-state index >= 15 is 0 Å². The highest BCUT2D eigenvalue weighted by molar-refractivity contribution is 5.70. The maximum Gasteiger partial charge on any atom is 0.315 e. The van der Waals surface area contributed by atoms with Crippen LogP contribution in [0.1, 0.15) is 5.89 Å². The van der Waals surface area contributed by atoms with Crippen LogP contribution in [0, 0.1) is 0 Å². The lowest BCUT2D eigenvalue weighted by molar-refractivity contribution is -0.140. The van der Waals surface area contributed by atoms with E-state index in [0.29, 0.717) is 0 Å². The van der Waals surface area contributed by atoms with Crippen LogP contribution in [-0.4, -0.2) is 23.3 Å². The highest BCUT2D eigenvalue weighted by atomic mass is 16.5. The maximum atomic E-state index is 10.5. The van der Waals surface area contributed by atoms with Gasteiger partial charge >= 0.3 is 5.97 Å². The second-order valence-corrected chi connectivity index (χ2v) is 1.59. The average molecular weight is 142 g/mol. The molecule has 0 unspecified atom stereocenters. The Hall–Kier alpha value is -1.39. The zero-order valence-electron chi connectivity index (χ0n) is 5.40. The summed E-state index contributed by atoms with van der Waals surface area (Å²) < 4.78 is 9.04. The van der Waals surface area contributed by atoms with Crippen molar-refractivity contribution in [3.8, 4) is 0 Å². The summed E-state index contributed by atoms with van der Waals surface area (Å²) in [6.45, 7) is 0. The highest BCUT2D eigenvalue weighted by Gasteiger charge is 2.05. The quantitative estimate of drug-likeness (QED) is 0.534. The largest absolute Gasteiger partial charge is 0.469 e. The van der Waals surface area contributed by atoms with Gasteiger partial charge in [-0.15, -0.1) is 10.2 Å². The van der Waals surface area contributed by atoms with Crippen LogP contribution < -0.4 is 0 Å². The van der Waals surface area contributed by atoms with Crippen molar-refractivity contribution < 1.29 is 13.9 Å². The summed E-state index contributed by atoms with van der Waals surface area (Å²) >= 11 is 0. The Balaban J connectivity index is 2.48. The molecule has 5 heteroatoms. The summed E-state index contributed by atoms with van der Waals surface area (Å²) in [5, 5.41) is 6.87. The van der Waals surface area contributed by atoms with E-state index < -0.39 is 0 Å². The fraction of sp³-hybridized carbons (Fsp3) is 0.400. The molecule has 0 atom stereocenters. The normalized spacial score (nSPS) is 9.30. The van der Waals surface area contributed by atoms with E-state index in [4.69, 9.17) is 0 Å². The molecule has 5 nitrogen and oxygen atoms in total. The van der Waals surface area contributed by atoms with E-state index in [0.717, 1.165) is 6.39 Å². The van der Waals surface area contributed by atoms with Gasteiger partial charge in [0.2, 0.25) is 12.3 Å². The fourth-order valence-electron chi connectivity index (χ4n) is 0.469. The first kappa shape index (κ1) is 6.73. The Labute approximate surface area is 57.0 Å². The van der Waals surface area contributed by atoms with Crippen molar-refractivity contribution in [3.05, 3.63) is 12.3 Å². The van der Waals surface area contributed by atoms with Crippen molar-refractivity contribution in [1.29, 1.82) is 0 Å². The van der Waals surface area contributed by atoms with Crippen LogP contribution in [0.2, 0.25) is 0 Å². The number of ether oxygens (including phenoxy) is 1. The predicted molar refractivity (Wildman–Crippen MR) is 30.0 cm³/mol. The van der Waals surface area contributed by atoms with Gasteiger partial charge < -0.3 is 9.15 Å². The Bertz CT molecular complexity index is 207. The fourth-order valence-corrected chi connectivity index (χ4v) is 0.469. The van der Waals surface area contributed by atoms with Gasteiger partial charge in [-0.1, -0.05) is 0 Å². The number of hydrogen-bond donors (Lipinski definition) is 0. The van der Waals surface area contributed by atoms with Crippen LogP contribution in [0.15, 0.2) is 10.8 Å². The van der Waals surface area contributed by atoms with E-state index in [-0.39, 0.29) is 18.3 Å². The SMILES string of the molecule is COC(=O)Cc1nnco1. The van der Waals surface area contributed by atoms with Gasteiger partial charge in [-0.2, -0.15) is 0 Å². The second-order valence-electron chi connectivity index (χ2n) is 1.59. The van der Waals surface area contributed by atoms with E-state index in [1.165, 1.54) is 7.11 Å². The van der Waals surface area contributed by atoms with E-state index in [2.05, 4.69) is 19.4 Å². The summed E-state index contributed by atoms with van der Waals surface area (Å²) in [5.74, 6) is -0.115. The molecule has 0 aliphatic rings. The smallest absolute Gasteiger partial charge is 0.315 e. The molecule has 0 spiro atoms. The van der Waals surface area contributed by atoms with E-state index in [1.54, 1.807) is 0 Å². The Morgan fingerprint density at radius 3 is 3.20 bits per heavy atom. The number of carbonyl (C=O) groups is 1. The average Bonchev–Trinajstić information content (AvgIpc) is 2.40. The lowest BCUT2D eigenvalue weighted by Gasteiger charge is -1.91. The molecule has 0 N–H and O–H groups in total. The molecule has 54 valence electrons. The third-order valence-corrected chi connectivity index (χ3v) is 0.928. The molecule has 1 rings (SSSR count). The topological polar surface area (TPSA) is 65.2 Å². The number of nitrogens with zero attached hydrogens (tertiary/aromatic N) is 2. The highest BCUT2D eigenvalue weighted by Crippen LogP contribution is 1.93. The Kier molecular flexibility index (Phi) is 1.99. The van der Waals surface area contributed by atoms with Gasteiger partial charge in [0.1, 0.15) is 6.42 Å². The van der Waals surface area contributed by atoms with Crippen LogP contribution in [0.3, 0.4) is 0 Å². The first-order valence-corrected chi connectivity index (χ1v) is 2.65. The molecule has 0 bridgehead atoms. The van der Waals surface area contributed by atoms with Crippen LogP contribution >= 0.6 is 0 Å². The number of carbonyl (C=O) groups excluding carboxylic acids is 1. The third-order valence-electron chi connectivity index (χ3n) is 0.928. The van der Waals surface area contributed by atoms with E-state index in [1.807, 2.05) is 0 Å². The van der Waals surface area contributed by atoms with E-state index in [9.17, 15) is 4.79 Å². The number of esters is 1. The van der Waals surface area contributed by atoms with Crippen LogP contribution in [-0.2, 0) is 16.0 Å². The molecule has 0 amide bonds. The first-order valence-electron chi connectivity index (χ1n) is 2.65. The van der Waals surface area contributed by atoms with Gasteiger partial charge in [0.05, 0.1) is 7.11 Å². The van der Waals surface area contributed by atoms with Gasteiger partial charge in [-0.3, -0.25) is 4.79 Å². The van der Waals surface area contributed by atoms with Crippen molar-refractivity contribution in [2.75, 3.05) is 7.11 Å². The zero-order valence-corrected chi connectivity index (χ0v) is 5.40. The molecule has 0 saturated heterocycles. The Morgan fingerprint density at radius 1 is 1.90 bits per heavy atom. The molecule has 1 aromatic heterocycles. The lowest BCUT2D eigenvalue weighted by Crippen LogP contribution is -2.04. The molecule has 0 saturated carbocycles. The molecule has 0 fully saturated rings. The summed E-state index contributed by atoms with van der Waals surface area (Å²) in [5.41, 5.74) is 0. The molecular weight excluding hydrogens is 136 g/mol. The molecule has 10 heavy (non-hydrogen) atoms. The number of aromatic nitrogens is 2. The van der Waals surface area contributed by atoms with Gasteiger partial charge in [-0.25, -0.2) is 0 Å².